The zero-order valence-electron chi connectivity index (χ0n) is 13.7. The van der Waals surface area contributed by atoms with Gasteiger partial charge in [-0.05, 0) is 35.4 Å². The molecule has 2 heterocycles. The summed E-state index contributed by atoms with van der Waals surface area (Å²) in [6.45, 7) is 4.05. The van der Waals surface area contributed by atoms with Crippen LogP contribution in [0.1, 0.15) is 17.2 Å². The Labute approximate surface area is 137 Å². The second kappa shape index (κ2) is 7.44. The maximum atomic E-state index is 5.48. The van der Waals surface area contributed by atoms with Gasteiger partial charge in [0.15, 0.2) is 11.5 Å². The predicted octanol–water partition coefficient (Wildman–Crippen LogP) is 2.09. The highest BCUT2D eigenvalue weighted by molar-refractivity contribution is 5.45. The van der Waals surface area contributed by atoms with E-state index in [1.165, 1.54) is 11.1 Å². The van der Waals surface area contributed by atoms with Crippen LogP contribution in [0.3, 0.4) is 0 Å². The Balaban J connectivity index is 2.01. The van der Waals surface area contributed by atoms with Crippen LogP contribution in [0.4, 0.5) is 0 Å². The van der Waals surface area contributed by atoms with E-state index >= 15 is 0 Å². The Morgan fingerprint density at radius 3 is 2.30 bits per heavy atom. The minimum atomic E-state index is 0.194. The lowest BCUT2D eigenvalue weighted by Crippen LogP contribution is -2.45. The van der Waals surface area contributed by atoms with Gasteiger partial charge in [0.05, 0.1) is 20.3 Å². The fourth-order valence-electron chi connectivity index (χ4n) is 3.12. The second-order valence-corrected chi connectivity index (χ2v) is 5.58. The van der Waals surface area contributed by atoms with Crippen LogP contribution in [0.2, 0.25) is 0 Å². The molecule has 23 heavy (non-hydrogen) atoms. The van der Waals surface area contributed by atoms with Crippen molar-refractivity contribution in [3.05, 3.63) is 53.9 Å². The molecule has 2 aromatic rings. The quantitative estimate of drug-likeness (QED) is 0.916. The molecule has 3 rings (SSSR count). The monoisotopic (exact) mass is 313 g/mol. The van der Waals surface area contributed by atoms with Crippen molar-refractivity contribution in [1.29, 1.82) is 0 Å². The molecule has 0 saturated carbocycles. The van der Waals surface area contributed by atoms with E-state index in [0.717, 1.165) is 37.7 Å². The van der Waals surface area contributed by atoms with Crippen molar-refractivity contribution in [1.82, 2.24) is 15.2 Å². The van der Waals surface area contributed by atoms with Gasteiger partial charge in [0, 0.05) is 38.6 Å². The van der Waals surface area contributed by atoms with Crippen LogP contribution >= 0.6 is 0 Å². The molecule has 0 amide bonds. The summed E-state index contributed by atoms with van der Waals surface area (Å²) in [6, 6.07) is 10.5. The Hall–Kier alpha value is -2.11. The maximum Gasteiger partial charge on any atom is 0.161 e. The molecule has 1 N–H and O–H groups in total. The first kappa shape index (κ1) is 15.8. The number of hydrogen-bond acceptors (Lipinski definition) is 5. The molecular weight excluding hydrogens is 290 g/mol. The third-order valence-corrected chi connectivity index (χ3v) is 4.26. The molecule has 1 fully saturated rings. The van der Waals surface area contributed by atoms with Crippen LogP contribution in [0.5, 0.6) is 11.5 Å². The van der Waals surface area contributed by atoms with E-state index in [4.69, 9.17) is 9.47 Å². The minimum Gasteiger partial charge on any atom is -0.493 e. The Kier molecular flexibility index (Phi) is 5.10. The number of hydrogen-bond donors (Lipinski definition) is 1. The molecule has 1 unspecified atom stereocenters. The fraction of sp³-hybridized carbons (Fsp3) is 0.389. The molecule has 5 nitrogen and oxygen atoms in total. The van der Waals surface area contributed by atoms with Crippen molar-refractivity contribution in [2.75, 3.05) is 40.4 Å². The molecular formula is C18H23N3O2. The van der Waals surface area contributed by atoms with Crippen molar-refractivity contribution in [3.8, 4) is 11.5 Å². The molecule has 0 radical (unpaired) electrons. The van der Waals surface area contributed by atoms with Crippen molar-refractivity contribution in [2.24, 2.45) is 0 Å². The van der Waals surface area contributed by atoms with Crippen LogP contribution < -0.4 is 14.8 Å². The van der Waals surface area contributed by atoms with Crippen LogP contribution in [-0.2, 0) is 0 Å². The summed E-state index contributed by atoms with van der Waals surface area (Å²) in [6.07, 6.45) is 3.70. The number of nitrogens with one attached hydrogen (secondary N) is 1. The number of methoxy groups -OCH3 is 2. The number of pyridine rings is 1. The summed E-state index contributed by atoms with van der Waals surface area (Å²) in [4.78, 5) is 6.65. The minimum absolute atomic E-state index is 0.194. The Morgan fingerprint density at radius 1 is 0.957 bits per heavy atom. The molecule has 1 aliphatic heterocycles. The molecule has 0 aliphatic carbocycles. The normalized spacial score (nSPS) is 16.8. The largest absolute Gasteiger partial charge is 0.493 e. The van der Waals surface area contributed by atoms with E-state index in [0.29, 0.717) is 0 Å². The Morgan fingerprint density at radius 2 is 1.65 bits per heavy atom. The SMILES string of the molecule is COc1ccc(C(c2ccncc2)N2CCNCC2)cc1OC. The zero-order chi connectivity index (χ0) is 16.1. The number of aromatic nitrogens is 1. The number of nitrogens with zero attached hydrogens (tertiary/aromatic N) is 2. The van der Waals surface area contributed by atoms with Gasteiger partial charge in [0.2, 0.25) is 0 Å². The van der Waals surface area contributed by atoms with E-state index in [2.05, 4.69) is 39.5 Å². The summed E-state index contributed by atoms with van der Waals surface area (Å²) in [7, 11) is 3.34. The first-order valence-corrected chi connectivity index (χ1v) is 7.90. The molecule has 1 aromatic heterocycles. The average molecular weight is 313 g/mol. The highest BCUT2D eigenvalue weighted by atomic mass is 16.5. The molecule has 5 heteroatoms. The molecule has 1 atom stereocenters. The summed E-state index contributed by atoms with van der Waals surface area (Å²) >= 11 is 0. The van der Waals surface area contributed by atoms with Crippen molar-refractivity contribution >= 4 is 0 Å². The van der Waals surface area contributed by atoms with Crippen molar-refractivity contribution < 1.29 is 9.47 Å². The van der Waals surface area contributed by atoms with Crippen LogP contribution in [-0.4, -0.2) is 50.3 Å². The third-order valence-electron chi connectivity index (χ3n) is 4.26. The molecule has 0 spiro atoms. The van der Waals surface area contributed by atoms with Crippen molar-refractivity contribution in [3.63, 3.8) is 0 Å². The zero-order valence-corrected chi connectivity index (χ0v) is 13.7. The lowest BCUT2D eigenvalue weighted by atomic mass is 9.97. The summed E-state index contributed by atoms with van der Waals surface area (Å²) in [5.41, 5.74) is 2.45. The first-order valence-electron chi connectivity index (χ1n) is 7.90. The van der Waals surface area contributed by atoms with Gasteiger partial charge in [-0.3, -0.25) is 9.88 Å². The molecule has 1 aliphatic rings. The van der Waals surface area contributed by atoms with Gasteiger partial charge in [-0.1, -0.05) is 6.07 Å². The average Bonchev–Trinajstić information content (AvgIpc) is 2.63. The number of rotatable bonds is 5. The van der Waals surface area contributed by atoms with Gasteiger partial charge in [-0.25, -0.2) is 0 Å². The fourth-order valence-corrected chi connectivity index (χ4v) is 3.12. The van der Waals surface area contributed by atoms with E-state index < -0.39 is 0 Å². The third kappa shape index (κ3) is 3.46. The molecule has 1 saturated heterocycles. The molecule has 0 bridgehead atoms. The van der Waals surface area contributed by atoms with Crippen molar-refractivity contribution in [2.45, 2.75) is 6.04 Å². The summed E-state index contributed by atoms with van der Waals surface area (Å²) < 4.78 is 10.8. The van der Waals surface area contributed by atoms with Gasteiger partial charge in [-0.2, -0.15) is 0 Å². The topological polar surface area (TPSA) is 46.6 Å². The van der Waals surface area contributed by atoms with Crippen LogP contribution in [0.25, 0.3) is 0 Å². The van der Waals surface area contributed by atoms with Gasteiger partial charge >= 0.3 is 0 Å². The van der Waals surface area contributed by atoms with Crippen LogP contribution in [0, 0.1) is 0 Å². The Bertz CT molecular complexity index is 627. The first-order chi connectivity index (χ1) is 11.3. The standard InChI is InChI=1S/C18H23N3O2/c1-22-16-4-3-15(13-17(16)23-2)18(14-5-7-19-8-6-14)21-11-9-20-10-12-21/h3-8,13,18,20H,9-12H2,1-2H3. The van der Waals surface area contributed by atoms with Gasteiger partial charge in [-0.15, -0.1) is 0 Å². The molecule has 1 aromatic carbocycles. The van der Waals surface area contributed by atoms with E-state index in [9.17, 15) is 0 Å². The summed E-state index contributed by atoms with van der Waals surface area (Å²) in [5, 5.41) is 3.41. The summed E-state index contributed by atoms with van der Waals surface area (Å²) in [5.74, 6) is 1.52. The van der Waals surface area contributed by atoms with Gasteiger partial charge in [0.25, 0.3) is 0 Å². The maximum absolute atomic E-state index is 5.48. The highest BCUT2D eigenvalue weighted by Gasteiger charge is 2.24. The van der Waals surface area contributed by atoms with E-state index in [1.54, 1.807) is 14.2 Å². The number of benzene rings is 1. The lowest BCUT2D eigenvalue weighted by molar-refractivity contribution is 0.198. The molecule has 122 valence electrons. The van der Waals surface area contributed by atoms with Gasteiger partial charge < -0.3 is 14.8 Å². The van der Waals surface area contributed by atoms with E-state index in [-0.39, 0.29) is 6.04 Å². The van der Waals surface area contributed by atoms with Gasteiger partial charge in [0.1, 0.15) is 0 Å². The lowest BCUT2D eigenvalue weighted by Gasteiger charge is -2.35. The van der Waals surface area contributed by atoms with E-state index in [1.807, 2.05) is 18.5 Å². The predicted molar refractivity (Wildman–Crippen MR) is 90.1 cm³/mol. The second-order valence-electron chi connectivity index (χ2n) is 5.58. The smallest absolute Gasteiger partial charge is 0.161 e. The number of piperazine rings is 1. The highest BCUT2D eigenvalue weighted by Crippen LogP contribution is 2.35. The van der Waals surface area contributed by atoms with Crippen LogP contribution in [0.15, 0.2) is 42.7 Å². The number of ether oxygens (including phenoxy) is 2.